The molecule has 2 N–H and O–H groups in total. The number of rotatable bonds is 5. The zero-order valence-electron chi connectivity index (χ0n) is 12.0. The molecular formula is C16H21N3S. The number of aryl methyl sites for hydroxylation is 1. The van der Waals surface area contributed by atoms with E-state index in [2.05, 4.69) is 63.6 Å². The molecule has 0 saturated carbocycles. The van der Waals surface area contributed by atoms with Crippen molar-refractivity contribution in [3.8, 4) is 0 Å². The van der Waals surface area contributed by atoms with E-state index in [4.69, 9.17) is 0 Å². The lowest BCUT2D eigenvalue weighted by atomic mass is 10.1. The van der Waals surface area contributed by atoms with Gasteiger partial charge in [-0.2, -0.15) is 11.3 Å². The molecule has 20 heavy (non-hydrogen) atoms. The van der Waals surface area contributed by atoms with Crippen LogP contribution in [0.5, 0.6) is 0 Å². The van der Waals surface area contributed by atoms with Crippen molar-refractivity contribution in [2.75, 3.05) is 13.6 Å². The highest BCUT2D eigenvalue weighted by atomic mass is 32.1. The van der Waals surface area contributed by atoms with Crippen LogP contribution < -0.4 is 10.6 Å². The summed E-state index contributed by atoms with van der Waals surface area (Å²) in [5, 5.41) is 10.9. The van der Waals surface area contributed by atoms with Gasteiger partial charge in [0, 0.05) is 20.1 Å². The first-order chi connectivity index (χ1) is 9.78. The molecule has 1 aromatic carbocycles. The molecule has 0 saturated heterocycles. The zero-order chi connectivity index (χ0) is 14.2. The van der Waals surface area contributed by atoms with Crippen molar-refractivity contribution in [3.05, 3.63) is 57.8 Å². The van der Waals surface area contributed by atoms with Crippen LogP contribution in [0.2, 0.25) is 0 Å². The predicted molar refractivity (Wildman–Crippen MR) is 87.4 cm³/mol. The first-order valence-corrected chi connectivity index (χ1v) is 7.73. The molecule has 0 fully saturated rings. The Morgan fingerprint density at radius 3 is 2.55 bits per heavy atom. The highest BCUT2D eigenvalue weighted by Crippen LogP contribution is 2.05. The van der Waals surface area contributed by atoms with Gasteiger partial charge in [-0.15, -0.1) is 0 Å². The number of hydrogen-bond donors (Lipinski definition) is 2. The summed E-state index contributed by atoms with van der Waals surface area (Å²) in [6, 6.07) is 10.8. The van der Waals surface area contributed by atoms with E-state index in [1.807, 2.05) is 0 Å². The van der Waals surface area contributed by atoms with Gasteiger partial charge < -0.3 is 10.6 Å². The highest BCUT2D eigenvalue weighted by molar-refractivity contribution is 7.07. The minimum absolute atomic E-state index is 0.813. The van der Waals surface area contributed by atoms with Crippen LogP contribution in [0.3, 0.4) is 0 Å². The Bertz CT molecular complexity index is 529. The van der Waals surface area contributed by atoms with E-state index < -0.39 is 0 Å². The Morgan fingerprint density at radius 1 is 1.10 bits per heavy atom. The minimum Gasteiger partial charge on any atom is -0.356 e. The maximum absolute atomic E-state index is 4.23. The van der Waals surface area contributed by atoms with Gasteiger partial charge in [-0.1, -0.05) is 29.8 Å². The van der Waals surface area contributed by atoms with Crippen LogP contribution in [0.1, 0.15) is 16.7 Å². The van der Waals surface area contributed by atoms with Gasteiger partial charge in [-0.05, 0) is 41.3 Å². The van der Waals surface area contributed by atoms with Crippen LogP contribution in [-0.4, -0.2) is 19.6 Å². The molecule has 0 amide bonds. The molecule has 1 heterocycles. The normalized spacial score (nSPS) is 11.4. The molecule has 106 valence electrons. The number of nitrogens with zero attached hydrogens (tertiary/aromatic N) is 1. The smallest absolute Gasteiger partial charge is 0.191 e. The molecule has 3 nitrogen and oxygen atoms in total. The molecule has 2 aromatic rings. The third kappa shape index (κ3) is 4.70. The van der Waals surface area contributed by atoms with Crippen LogP contribution in [-0.2, 0) is 13.0 Å². The average molecular weight is 287 g/mol. The average Bonchev–Trinajstić information content (AvgIpc) is 2.98. The molecule has 0 unspecified atom stereocenters. The predicted octanol–water partition coefficient (Wildman–Crippen LogP) is 2.96. The van der Waals surface area contributed by atoms with Crippen molar-refractivity contribution < 1.29 is 0 Å². The maximum Gasteiger partial charge on any atom is 0.191 e. The summed E-state index contributed by atoms with van der Waals surface area (Å²) in [7, 11) is 1.80. The van der Waals surface area contributed by atoms with Gasteiger partial charge in [0.1, 0.15) is 0 Å². The molecule has 0 aliphatic rings. The summed E-state index contributed by atoms with van der Waals surface area (Å²) < 4.78 is 0. The number of benzene rings is 1. The Labute approximate surface area is 124 Å². The van der Waals surface area contributed by atoms with Crippen molar-refractivity contribution in [2.24, 2.45) is 4.99 Å². The SMILES string of the molecule is CN=C(NCCc1ccc(C)cc1)NCc1ccsc1. The molecule has 0 bridgehead atoms. The summed E-state index contributed by atoms with van der Waals surface area (Å²) in [6.45, 7) is 3.80. The van der Waals surface area contributed by atoms with Crippen LogP contribution in [0.4, 0.5) is 0 Å². The second-order valence-electron chi connectivity index (χ2n) is 4.72. The first-order valence-electron chi connectivity index (χ1n) is 6.79. The van der Waals surface area contributed by atoms with E-state index in [1.165, 1.54) is 16.7 Å². The molecule has 4 heteroatoms. The van der Waals surface area contributed by atoms with Gasteiger partial charge in [-0.25, -0.2) is 0 Å². The van der Waals surface area contributed by atoms with Crippen molar-refractivity contribution in [2.45, 2.75) is 19.9 Å². The Hall–Kier alpha value is -1.81. The minimum atomic E-state index is 0.813. The molecule has 1 aromatic heterocycles. The fourth-order valence-corrected chi connectivity index (χ4v) is 2.55. The van der Waals surface area contributed by atoms with Gasteiger partial charge in [0.15, 0.2) is 5.96 Å². The maximum atomic E-state index is 4.23. The molecule has 0 spiro atoms. The van der Waals surface area contributed by atoms with Gasteiger partial charge in [0.05, 0.1) is 0 Å². The summed E-state index contributed by atoms with van der Waals surface area (Å²) in [5.74, 6) is 0.850. The lowest BCUT2D eigenvalue weighted by molar-refractivity contribution is 0.795. The van der Waals surface area contributed by atoms with Gasteiger partial charge in [0.2, 0.25) is 0 Å². The van der Waals surface area contributed by atoms with Crippen molar-refractivity contribution in [1.29, 1.82) is 0 Å². The fraction of sp³-hybridized carbons (Fsp3) is 0.312. The number of guanidine groups is 1. The largest absolute Gasteiger partial charge is 0.356 e. The van der Waals surface area contributed by atoms with Gasteiger partial charge in [0.25, 0.3) is 0 Å². The highest BCUT2D eigenvalue weighted by Gasteiger charge is 1.99. The Morgan fingerprint density at radius 2 is 1.90 bits per heavy atom. The van der Waals surface area contributed by atoms with Crippen molar-refractivity contribution >= 4 is 17.3 Å². The van der Waals surface area contributed by atoms with E-state index in [0.29, 0.717) is 0 Å². The molecule has 0 radical (unpaired) electrons. The van der Waals surface area contributed by atoms with E-state index >= 15 is 0 Å². The van der Waals surface area contributed by atoms with Crippen molar-refractivity contribution in [3.63, 3.8) is 0 Å². The Kier molecular flexibility index (Phi) is 5.62. The molecule has 2 rings (SSSR count). The lowest BCUT2D eigenvalue weighted by Gasteiger charge is -2.11. The van der Waals surface area contributed by atoms with Crippen LogP contribution in [0, 0.1) is 6.92 Å². The second-order valence-corrected chi connectivity index (χ2v) is 5.50. The molecule has 0 aliphatic carbocycles. The third-order valence-electron chi connectivity index (χ3n) is 3.09. The first kappa shape index (κ1) is 14.6. The number of aliphatic imine (C=N–C) groups is 1. The fourth-order valence-electron chi connectivity index (χ4n) is 1.88. The van der Waals surface area contributed by atoms with E-state index in [0.717, 1.165) is 25.5 Å². The van der Waals surface area contributed by atoms with Crippen LogP contribution in [0.25, 0.3) is 0 Å². The van der Waals surface area contributed by atoms with Crippen molar-refractivity contribution in [1.82, 2.24) is 10.6 Å². The molecule has 0 atom stereocenters. The zero-order valence-corrected chi connectivity index (χ0v) is 12.8. The summed E-state index contributed by atoms with van der Waals surface area (Å²) in [4.78, 5) is 4.23. The number of thiophene rings is 1. The monoisotopic (exact) mass is 287 g/mol. The standard InChI is InChI=1S/C16H21N3S/c1-13-3-5-14(6-4-13)7-9-18-16(17-2)19-11-15-8-10-20-12-15/h3-6,8,10,12H,7,9,11H2,1-2H3,(H2,17,18,19). The summed E-state index contributed by atoms with van der Waals surface area (Å²) >= 11 is 1.71. The lowest BCUT2D eigenvalue weighted by Crippen LogP contribution is -2.37. The second kappa shape index (κ2) is 7.70. The quantitative estimate of drug-likeness (QED) is 0.655. The number of hydrogen-bond acceptors (Lipinski definition) is 2. The topological polar surface area (TPSA) is 36.4 Å². The molecular weight excluding hydrogens is 266 g/mol. The van der Waals surface area contributed by atoms with Crippen LogP contribution in [0.15, 0.2) is 46.1 Å². The molecule has 0 aliphatic heterocycles. The van der Waals surface area contributed by atoms with E-state index in [9.17, 15) is 0 Å². The third-order valence-corrected chi connectivity index (χ3v) is 3.82. The summed E-state index contributed by atoms with van der Waals surface area (Å²) in [6.07, 6.45) is 0.999. The van der Waals surface area contributed by atoms with E-state index in [1.54, 1.807) is 18.4 Å². The number of nitrogens with one attached hydrogen (secondary N) is 2. The van der Waals surface area contributed by atoms with E-state index in [-0.39, 0.29) is 0 Å². The van der Waals surface area contributed by atoms with Gasteiger partial charge >= 0.3 is 0 Å². The Balaban J connectivity index is 1.72. The van der Waals surface area contributed by atoms with Crippen LogP contribution >= 0.6 is 11.3 Å². The summed E-state index contributed by atoms with van der Waals surface area (Å²) in [5.41, 5.74) is 3.93. The van der Waals surface area contributed by atoms with Gasteiger partial charge in [-0.3, -0.25) is 4.99 Å².